The van der Waals surface area contributed by atoms with Gasteiger partial charge in [0, 0.05) is 5.57 Å². The zero-order chi connectivity index (χ0) is 10.5. The number of carbonyl (C=O) groups is 1. The first-order valence-electron chi connectivity index (χ1n) is 4.62. The van der Waals surface area contributed by atoms with Crippen LogP contribution in [0.3, 0.4) is 0 Å². The molecule has 0 aromatic rings. The topological polar surface area (TPSA) is 29.1 Å². The molecule has 0 radical (unpaired) electrons. The zero-order valence-electron chi connectivity index (χ0n) is 9.18. The number of hydrogen-bond acceptors (Lipinski definition) is 1. The summed E-state index contributed by atoms with van der Waals surface area (Å²) in [5, 5.41) is 0. The van der Waals surface area contributed by atoms with Crippen LogP contribution in [0.4, 0.5) is 0 Å². The summed E-state index contributed by atoms with van der Waals surface area (Å²) in [4.78, 5) is 10.9. The summed E-state index contributed by atoms with van der Waals surface area (Å²) in [5.74, 6) is -0.104. The lowest BCUT2D eigenvalue weighted by Gasteiger charge is -2.23. The van der Waals surface area contributed by atoms with Crippen LogP contribution in [0.2, 0.25) is 0 Å². The molecule has 0 heterocycles. The summed E-state index contributed by atoms with van der Waals surface area (Å²) >= 11 is 0. The van der Waals surface area contributed by atoms with E-state index in [0.29, 0.717) is 10.2 Å². The Morgan fingerprint density at radius 2 is 1.62 bits per heavy atom. The van der Waals surface area contributed by atoms with Crippen LogP contribution in [0.15, 0.2) is 12.2 Å². The molecule has 3 nitrogen and oxygen atoms in total. The molecule has 1 amide bonds. The number of nitrogens with zero attached hydrogens (tertiary/aromatic N) is 1. The zero-order valence-corrected chi connectivity index (χ0v) is 9.18. The first kappa shape index (κ1) is 12.2. The second-order valence-corrected chi connectivity index (χ2v) is 4.29. The minimum absolute atomic E-state index is 0.104. The highest BCUT2D eigenvalue weighted by molar-refractivity contribution is 5.91. The molecule has 1 aliphatic rings. The average molecular weight is 185 g/mol. The number of carbonyl (C=O) groups excluding carboxylic acids is 1. The van der Waals surface area contributed by atoms with Crippen LogP contribution >= 0.6 is 0 Å². The van der Waals surface area contributed by atoms with Gasteiger partial charge in [0.05, 0.1) is 21.1 Å². The van der Waals surface area contributed by atoms with Gasteiger partial charge in [0.1, 0.15) is 0 Å². The number of nitrogens with one attached hydrogen (secondary N) is 1. The third-order valence-electron chi connectivity index (χ3n) is 1.18. The molecule has 0 aliphatic heterocycles. The normalized spacial score (nSPS) is 13.8. The van der Waals surface area contributed by atoms with E-state index < -0.39 is 0 Å². The van der Waals surface area contributed by atoms with E-state index in [0.717, 1.165) is 0 Å². The third-order valence-corrected chi connectivity index (χ3v) is 1.18. The van der Waals surface area contributed by atoms with E-state index in [4.69, 9.17) is 0 Å². The number of amides is 1. The van der Waals surface area contributed by atoms with Crippen LogP contribution in [-0.2, 0) is 4.79 Å². The van der Waals surface area contributed by atoms with E-state index in [1.165, 1.54) is 19.3 Å². The van der Waals surface area contributed by atoms with E-state index in [2.05, 4.69) is 12.0 Å². The van der Waals surface area contributed by atoms with E-state index >= 15 is 0 Å². The van der Waals surface area contributed by atoms with Crippen molar-refractivity contribution in [2.45, 2.75) is 26.2 Å². The van der Waals surface area contributed by atoms with Gasteiger partial charge < -0.3 is 0 Å². The van der Waals surface area contributed by atoms with Gasteiger partial charge in [-0.1, -0.05) is 25.8 Å². The molecule has 0 aromatic carbocycles. The summed E-state index contributed by atoms with van der Waals surface area (Å²) in [6.07, 6.45) is 4.50. The van der Waals surface area contributed by atoms with Crippen molar-refractivity contribution in [1.82, 2.24) is 5.43 Å². The number of rotatable bonds is 2. The van der Waals surface area contributed by atoms with Gasteiger partial charge in [-0.05, 0) is 6.92 Å². The van der Waals surface area contributed by atoms with E-state index in [1.54, 1.807) is 6.92 Å². The van der Waals surface area contributed by atoms with Crippen molar-refractivity contribution in [3.63, 3.8) is 0 Å². The molecule has 0 spiro atoms. The Balaban J connectivity index is 0.000000396. The van der Waals surface area contributed by atoms with Crippen LogP contribution in [-0.4, -0.2) is 31.6 Å². The van der Waals surface area contributed by atoms with Gasteiger partial charge in [0.2, 0.25) is 0 Å². The quantitative estimate of drug-likeness (QED) is 0.394. The maximum Gasteiger partial charge on any atom is 0.290 e. The summed E-state index contributed by atoms with van der Waals surface area (Å²) < 4.78 is 0.422. The van der Waals surface area contributed by atoms with Crippen molar-refractivity contribution in [2.75, 3.05) is 21.1 Å². The lowest BCUT2D eigenvalue weighted by Crippen LogP contribution is -2.51. The SMILES string of the molecule is C1CC1.C=C(C)C(=O)N[N+](C)(C)C. The minimum atomic E-state index is -0.104. The molecule has 76 valence electrons. The summed E-state index contributed by atoms with van der Waals surface area (Å²) in [7, 11) is 5.63. The average Bonchev–Trinajstić information content (AvgIpc) is 2.66. The van der Waals surface area contributed by atoms with E-state index in [9.17, 15) is 4.79 Å². The second kappa shape index (κ2) is 5.02. The fourth-order valence-electron chi connectivity index (χ4n) is 0.400. The third kappa shape index (κ3) is 11.2. The highest BCUT2D eigenvalue weighted by Crippen LogP contribution is 2.14. The van der Waals surface area contributed by atoms with Crippen LogP contribution in [0, 0.1) is 0 Å². The van der Waals surface area contributed by atoms with Crippen molar-refractivity contribution in [2.24, 2.45) is 0 Å². The van der Waals surface area contributed by atoms with E-state index in [-0.39, 0.29) is 5.91 Å². The molecule has 1 N–H and O–H groups in total. The largest absolute Gasteiger partial charge is 0.290 e. The fourth-order valence-corrected chi connectivity index (χ4v) is 0.400. The molecular formula is C10H21N2O+. The monoisotopic (exact) mass is 185 g/mol. The fraction of sp³-hybridized carbons (Fsp3) is 0.700. The van der Waals surface area contributed by atoms with Crippen molar-refractivity contribution < 1.29 is 9.39 Å². The molecule has 0 aromatic heterocycles. The number of hydrogen-bond donors (Lipinski definition) is 1. The van der Waals surface area contributed by atoms with Crippen LogP contribution in [0.25, 0.3) is 0 Å². The smallest absolute Gasteiger partial charge is 0.265 e. The molecule has 1 aliphatic carbocycles. The Morgan fingerprint density at radius 3 is 1.69 bits per heavy atom. The van der Waals surface area contributed by atoms with Crippen LogP contribution < -0.4 is 5.43 Å². The minimum Gasteiger partial charge on any atom is -0.265 e. The Kier molecular flexibility index (Phi) is 4.70. The predicted molar refractivity (Wildman–Crippen MR) is 54.8 cm³/mol. The maximum absolute atomic E-state index is 10.9. The standard InChI is InChI=1S/C7H14N2O.C3H6/c1-6(2)7(10)8-9(3,4)5;1-2-3-1/h1H2,2-5H3;1-3H2/p+1. The second-order valence-electron chi connectivity index (χ2n) is 4.29. The lowest BCUT2D eigenvalue weighted by molar-refractivity contribution is -0.905. The molecule has 0 atom stereocenters. The van der Waals surface area contributed by atoms with Gasteiger partial charge in [0.25, 0.3) is 5.91 Å². The summed E-state index contributed by atoms with van der Waals surface area (Å²) in [5.41, 5.74) is 3.25. The Hall–Kier alpha value is -0.830. The van der Waals surface area contributed by atoms with Gasteiger partial charge in [-0.2, -0.15) is 5.43 Å². The summed E-state index contributed by atoms with van der Waals surface area (Å²) in [6.45, 7) is 5.20. The van der Waals surface area contributed by atoms with Gasteiger partial charge >= 0.3 is 0 Å². The molecule has 0 unspecified atom stereocenters. The highest BCUT2D eigenvalue weighted by Gasteiger charge is 2.11. The van der Waals surface area contributed by atoms with Gasteiger partial charge in [-0.25, -0.2) is 4.59 Å². The number of quaternary nitrogens is 1. The molecule has 1 fully saturated rings. The van der Waals surface area contributed by atoms with Crippen molar-refractivity contribution in [1.29, 1.82) is 0 Å². The van der Waals surface area contributed by atoms with Gasteiger partial charge in [0.15, 0.2) is 0 Å². The van der Waals surface area contributed by atoms with Gasteiger partial charge in [-0.3, -0.25) is 4.79 Å². The first-order chi connectivity index (χ1) is 5.83. The molecule has 1 saturated carbocycles. The van der Waals surface area contributed by atoms with Crippen LogP contribution in [0.5, 0.6) is 0 Å². The molecule has 13 heavy (non-hydrogen) atoms. The highest BCUT2D eigenvalue weighted by atomic mass is 16.2. The first-order valence-corrected chi connectivity index (χ1v) is 4.62. The predicted octanol–water partition coefficient (Wildman–Crippen LogP) is 1.47. The lowest BCUT2D eigenvalue weighted by atomic mass is 10.3. The summed E-state index contributed by atoms with van der Waals surface area (Å²) in [6, 6.07) is 0. The molecule has 1 rings (SSSR count). The van der Waals surface area contributed by atoms with Crippen molar-refractivity contribution in [3.8, 4) is 0 Å². The Morgan fingerprint density at radius 1 is 1.23 bits per heavy atom. The van der Waals surface area contributed by atoms with Crippen LogP contribution in [0.1, 0.15) is 26.2 Å². The van der Waals surface area contributed by atoms with Gasteiger partial charge in [-0.15, -0.1) is 0 Å². The molecule has 0 bridgehead atoms. The van der Waals surface area contributed by atoms with Crippen molar-refractivity contribution >= 4 is 5.91 Å². The maximum atomic E-state index is 10.9. The molecule has 3 heteroatoms. The van der Waals surface area contributed by atoms with Crippen molar-refractivity contribution in [3.05, 3.63) is 12.2 Å². The van der Waals surface area contributed by atoms with E-state index in [1.807, 2.05) is 21.1 Å². The Labute approximate surface area is 81.0 Å². The Bertz CT molecular complexity index is 187. The molecular weight excluding hydrogens is 164 g/mol. The molecule has 0 saturated heterocycles.